The molecule has 0 spiro atoms. The van der Waals surface area contributed by atoms with Gasteiger partial charge in [0, 0.05) is 19.6 Å². The maximum atomic E-state index is 2.61. The Morgan fingerprint density at radius 1 is 1.05 bits per heavy atom. The predicted molar refractivity (Wildman–Crippen MR) is 92.6 cm³/mol. The van der Waals surface area contributed by atoms with Crippen LogP contribution in [0.15, 0.2) is 23.3 Å². The monoisotopic (exact) mass is 290 g/mol. The molecule has 0 bridgehead atoms. The zero-order valence-corrected chi connectivity index (χ0v) is 14.6. The van der Waals surface area contributed by atoms with Crippen LogP contribution in [-0.2, 0) is 0 Å². The van der Waals surface area contributed by atoms with Crippen LogP contribution in [-0.4, -0.2) is 49.1 Å². The summed E-state index contributed by atoms with van der Waals surface area (Å²) < 4.78 is 0. The summed E-state index contributed by atoms with van der Waals surface area (Å²) >= 11 is 0. The van der Waals surface area contributed by atoms with Crippen LogP contribution in [0.2, 0.25) is 0 Å². The van der Waals surface area contributed by atoms with E-state index in [2.05, 4.69) is 49.6 Å². The number of rotatable bonds is 4. The fourth-order valence-electron chi connectivity index (χ4n) is 3.85. The molecule has 0 aromatic rings. The van der Waals surface area contributed by atoms with E-state index in [0.717, 1.165) is 6.54 Å². The Labute approximate surface area is 131 Å². The van der Waals surface area contributed by atoms with Crippen LogP contribution in [0.25, 0.3) is 0 Å². The summed E-state index contributed by atoms with van der Waals surface area (Å²) in [6.07, 6.45) is 10.1. The lowest BCUT2D eigenvalue weighted by Crippen LogP contribution is -2.30. The number of allylic oxidation sites excluding steroid dienone is 3. The SMILES string of the molecule is CCN1CCCN(C/C=C/C2=C(C)CCCC2(C)C)CC1. The van der Waals surface area contributed by atoms with E-state index in [1.165, 1.54) is 58.4 Å². The van der Waals surface area contributed by atoms with Crippen LogP contribution in [0, 0.1) is 5.41 Å². The Hall–Kier alpha value is -0.600. The highest BCUT2D eigenvalue weighted by atomic mass is 15.2. The van der Waals surface area contributed by atoms with Gasteiger partial charge < -0.3 is 4.90 Å². The zero-order chi connectivity index (χ0) is 15.3. The van der Waals surface area contributed by atoms with Crippen LogP contribution in [0.4, 0.5) is 0 Å². The second kappa shape index (κ2) is 7.60. The predicted octanol–water partition coefficient (Wildman–Crippen LogP) is 4.10. The normalized spacial score (nSPS) is 25.5. The quantitative estimate of drug-likeness (QED) is 0.769. The van der Waals surface area contributed by atoms with Crippen molar-refractivity contribution in [2.24, 2.45) is 5.41 Å². The minimum absolute atomic E-state index is 0.372. The standard InChI is InChI=1S/C19H34N2/c1-5-20-13-8-14-21(16-15-20)12-7-10-18-17(2)9-6-11-19(18,3)4/h7,10H,5-6,8-9,11-16H2,1-4H3/b10-7+. The Balaban J connectivity index is 1.90. The van der Waals surface area contributed by atoms with E-state index in [-0.39, 0.29) is 0 Å². The molecule has 120 valence electrons. The third-order valence-electron chi connectivity index (χ3n) is 5.32. The Bertz CT molecular complexity index is 392. The third kappa shape index (κ3) is 4.69. The highest BCUT2D eigenvalue weighted by Crippen LogP contribution is 2.40. The Kier molecular flexibility index (Phi) is 6.07. The molecule has 1 fully saturated rings. The molecule has 2 rings (SSSR count). The van der Waals surface area contributed by atoms with E-state index in [0.29, 0.717) is 5.41 Å². The lowest BCUT2D eigenvalue weighted by Gasteiger charge is -2.33. The molecular formula is C19H34N2. The molecule has 0 aromatic heterocycles. The molecule has 1 saturated heterocycles. The van der Waals surface area contributed by atoms with Gasteiger partial charge in [-0.05, 0) is 63.2 Å². The molecule has 2 aliphatic rings. The average Bonchev–Trinajstić information content (AvgIpc) is 2.67. The average molecular weight is 290 g/mol. The summed E-state index contributed by atoms with van der Waals surface area (Å²) in [6, 6.07) is 0. The Morgan fingerprint density at radius 2 is 1.76 bits per heavy atom. The summed E-state index contributed by atoms with van der Waals surface area (Å²) in [5.41, 5.74) is 3.57. The van der Waals surface area contributed by atoms with E-state index in [9.17, 15) is 0 Å². The van der Waals surface area contributed by atoms with E-state index >= 15 is 0 Å². The van der Waals surface area contributed by atoms with E-state index in [4.69, 9.17) is 0 Å². The van der Waals surface area contributed by atoms with Gasteiger partial charge in [0.1, 0.15) is 0 Å². The molecule has 1 heterocycles. The van der Waals surface area contributed by atoms with Gasteiger partial charge in [-0.15, -0.1) is 0 Å². The minimum Gasteiger partial charge on any atom is -0.302 e. The molecule has 1 aliphatic heterocycles. The van der Waals surface area contributed by atoms with Crippen molar-refractivity contribution in [1.82, 2.24) is 9.80 Å². The first kappa shape index (κ1) is 16.8. The summed E-state index contributed by atoms with van der Waals surface area (Å²) in [5.74, 6) is 0. The summed E-state index contributed by atoms with van der Waals surface area (Å²) in [5, 5.41) is 0. The Morgan fingerprint density at radius 3 is 2.48 bits per heavy atom. The van der Waals surface area contributed by atoms with Gasteiger partial charge in [0.15, 0.2) is 0 Å². The van der Waals surface area contributed by atoms with Gasteiger partial charge in [-0.3, -0.25) is 4.90 Å². The number of hydrogen-bond donors (Lipinski definition) is 0. The lowest BCUT2D eigenvalue weighted by atomic mass is 9.73. The van der Waals surface area contributed by atoms with Gasteiger partial charge >= 0.3 is 0 Å². The minimum atomic E-state index is 0.372. The molecule has 0 N–H and O–H groups in total. The molecule has 0 saturated carbocycles. The lowest BCUT2D eigenvalue weighted by molar-refractivity contribution is 0.278. The smallest absolute Gasteiger partial charge is 0.0166 e. The van der Waals surface area contributed by atoms with Crippen molar-refractivity contribution < 1.29 is 0 Å². The topological polar surface area (TPSA) is 6.48 Å². The first-order valence-corrected chi connectivity index (χ1v) is 8.84. The molecule has 0 amide bonds. The fraction of sp³-hybridized carbons (Fsp3) is 0.789. The van der Waals surface area contributed by atoms with Gasteiger partial charge in [-0.2, -0.15) is 0 Å². The second-order valence-corrected chi connectivity index (χ2v) is 7.42. The first-order valence-electron chi connectivity index (χ1n) is 8.84. The molecule has 2 heteroatoms. The van der Waals surface area contributed by atoms with Crippen LogP contribution >= 0.6 is 0 Å². The third-order valence-corrected chi connectivity index (χ3v) is 5.32. The maximum Gasteiger partial charge on any atom is 0.0166 e. The molecular weight excluding hydrogens is 256 g/mol. The highest BCUT2D eigenvalue weighted by molar-refractivity contribution is 5.32. The van der Waals surface area contributed by atoms with Gasteiger partial charge in [0.25, 0.3) is 0 Å². The van der Waals surface area contributed by atoms with Crippen LogP contribution in [0.3, 0.4) is 0 Å². The summed E-state index contributed by atoms with van der Waals surface area (Å²) in [4.78, 5) is 5.18. The number of likely N-dealkylation sites (N-methyl/N-ethyl adjacent to an activating group) is 1. The first-order chi connectivity index (χ1) is 10.0. The van der Waals surface area contributed by atoms with Crippen molar-refractivity contribution in [2.45, 2.75) is 53.4 Å². The maximum absolute atomic E-state index is 2.61. The molecule has 0 aromatic carbocycles. The van der Waals surface area contributed by atoms with E-state index in [1.54, 1.807) is 11.1 Å². The fourth-order valence-corrected chi connectivity index (χ4v) is 3.85. The molecule has 0 radical (unpaired) electrons. The van der Waals surface area contributed by atoms with Gasteiger partial charge in [0.2, 0.25) is 0 Å². The van der Waals surface area contributed by atoms with Crippen LogP contribution < -0.4 is 0 Å². The van der Waals surface area contributed by atoms with Crippen molar-refractivity contribution in [3.63, 3.8) is 0 Å². The van der Waals surface area contributed by atoms with Crippen molar-refractivity contribution in [2.75, 3.05) is 39.3 Å². The largest absolute Gasteiger partial charge is 0.302 e. The van der Waals surface area contributed by atoms with Crippen molar-refractivity contribution in [3.05, 3.63) is 23.3 Å². The molecule has 0 unspecified atom stereocenters. The second-order valence-electron chi connectivity index (χ2n) is 7.42. The highest BCUT2D eigenvalue weighted by Gasteiger charge is 2.26. The van der Waals surface area contributed by atoms with Gasteiger partial charge in [-0.25, -0.2) is 0 Å². The van der Waals surface area contributed by atoms with E-state index in [1.807, 2.05) is 0 Å². The van der Waals surface area contributed by atoms with Crippen molar-refractivity contribution >= 4 is 0 Å². The zero-order valence-electron chi connectivity index (χ0n) is 14.6. The molecule has 21 heavy (non-hydrogen) atoms. The van der Waals surface area contributed by atoms with Gasteiger partial charge in [0.05, 0.1) is 0 Å². The summed E-state index contributed by atoms with van der Waals surface area (Å²) in [6.45, 7) is 16.7. The number of hydrogen-bond acceptors (Lipinski definition) is 2. The van der Waals surface area contributed by atoms with Crippen molar-refractivity contribution in [1.29, 1.82) is 0 Å². The van der Waals surface area contributed by atoms with Gasteiger partial charge in [-0.1, -0.05) is 38.5 Å². The van der Waals surface area contributed by atoms with E-state index < -0.39 is 0 Å². The van der Waals surface area contributed by atoms with Crippen LogP contribution in [0.5, 0.6) is 0 Å². The summed E-state index contributed by atoms with van der Waals surface area (Å²) in [7, 11) is 0. The van der Waals surface area contributed by atoms with Crippen LogP contribution in [0.1, 0.15) is 53.4 Å². The number of nitrogens with zero attached hydrogens (tertiary/aromatic N) is 2. The van der Waals surface area contributed by atoms with Crippen molar-refractivity contribution in [3.8, 4) is 0 Å². The molecule has 1 aliphatic carbocycles. The molecule has 2 nitrogen and oxygen atoms in total. The molecule has 0 atom stereocenters.